The highest BCUT2D eigenvalue weighted by molar-refractivity contribution is 6.34. The molecule has 0 saturated heterocycles. The maximum atomic E-state index is 5.76. The fourth-order valence-electron chi connectivity index (χ4n) is 9.40. The average molecular weight is 674 g/mol. The molecule has 5 nitrogen and oxygen atoms in total. The van der Waals surface area contributed by atoms with Crippen molar-refractivity contribution in [1.29, 1.82) is 0 Å². The second kappa shape index (κ2) is 9.75. The summed E-state index contributed by atoms with van der Waals surface area (Å²) in [6, 6.07) is 58.9. The Morgan fingerprint density at radius 1 is 0.377 bits per heavy atom. The molecule has 13 rings (SSSR count). The minimum Gasteiger partial charge on any atom is -0.308 e. The number of aromatic nitrogens is 4. The Labute approximate surface area is 301 Å². The summed E-state index contributed by atoms with van der Waals surface area (Å²) in [7, 11) is 0. The van der Waals surface area contributed by atoms with E-state index in [1.54, 1.807) is 0 Å². The van der Waals surface area contributed by atoms with E-state index in [0.29, 0.717) is 0 Å². The van der Waals surface area contributed by atoms with E-state index in [0.717, 1.165) is 66.7 Å². The molecule has 13 aromatic rings. The molecule has 53 heavy (non-hydrogen) atoms. The van der Waals surface area contributed by atoms with Crippen LogP contribution >= 0.6 is 0 Å². The quantitative estimate of drug-likeness (QED) is 0.187. The van der Waals surface area contributed by atoms with Crippen molar-refractivity contribution in [1.82, 2.24) is 18.8 Å². The first-order valence-electron chi connectivity index (χ1n) is 18.1. The van der Waals surface area contributed by atoms with Gasteiger partial charge in [-0.1, -0.05) is 115 Å². The minimum atomic E-state index is 0.874. The summed E-state index contributed by atoms with van der Waals surface area (Å²) < 4.78 is 4.77. The molecule has 0 fully saturated rings. The summed E-state index contributed by atoms with van der Waals surface area (Å²) >= 11 is 0. The van der Waals surface area contributed by atoms with Gasteiger partial charge in [-0.15, -0.1) is 0 Å². The van der Waals surface area contributed by atoms with Crippen molar-refractivity contribution in [2.75, 3.05) is 4.90 Å². The highest BCUT2D eigenvalue weighted by Crippen LogP contribution is 2.49. The van der Waals surface area contributed by atoms with Crippen LogP contribution in [0.1, 0.15) is 0 Å². The molecule has 0 unspecified atom stereocenters. The highest BCUT2D eigenvalue weighted by atomic mass is 15.2. The Bertz CT molecular complexity index is 3580. The largest absolute Gasteiger partial charge is 0.308 e. The van der Waals surface area contributed by atoms with E-state index in [2.05, 4.69) is 177 Å². The van der Waals surface area contributed by atoms with Crippen molar-refractivity contribution >= 4 is 115 Å². The molecule has 0 N–H and O–H groups in total. The van der Waals surface area contributed by atoms with Crippen molar-refractivity contribution in [3.8, 4) is 0 Å². The second-order valence-corrected chi connectivity index (χ2v) is 14.2. The SMILES string of the molecule is c1ccc(N(c2ccccc2)c2cccc3c4c5ccccc5cc5c6nc7c(nc6n(c23)c54)c2c3ccccc3cc3c4ccccc4n7c32)cc1. The van der Waals surface area contributed by atoms with Gasteiger partial charge in [0.25, 0.3) is 0 Å². The lowest BCUT2D eigenvalue weighted by molar-refractivity contribution is 1.23. The summed E-state index contributed by atoms with van der Waals surface area (Å²) in [6.07, 6.45) is 0. The zero-order valence-corrected chi connectivity index (χ0v) is 28.3. The van der Waals surface area contributed by atoms with Gasteiger partial charge >= 0.3 is 0 Å². The molecule has 0 aliphatic heterocycles. The Hall–Kier alpha value is -7.24. The second-order valence-electron chi connectivity index (χ2n) is 14.2. The maximum absolute atomic E-state index is 5.76. The van der Waals surface area contributed by atoms with Gasteiger partial charge in [-0.25, -0.2) is 9.97 Å². The number of anilines is 3. The lowest BCUT2D eigenvalue weighted by Crippen LogP contribution is -2.10. The molecule has 5 heteroatoms. The van der Waals surface area contributed by atoms with E-state index in [1.807, 2.05) is 0 Å². The predicted octanol–water partition coefficient (Wildman–Crippen LogP) is 12.6. The van der Waals surface area contributed by atoms with E-state index >= 15 is 0 Å². The zero-order valence-electron chi connectivity index (χ0n) is 28.3. The molecule has 0 atom stereocenters. The third-order valence-corrected chi connectivity index (χ3v) is 11.5. The van der Waals surface area contributed by atoms with Crippen LogP contribution in [-0.4, -0.2) is 18.8 Å². The number of nitrogens with zero attached hydrogens (tertiary/aromatic N) is 5. The van der Waals surface area contributed by atoms with Crippen LogP contribution in [0.4, 0.5) is 17.1 Å². The van der Waals surface area contributed by atoms with E-state index < -0.39 is 0 Å². The van der Waals surface area contributed by atoms with E-state index in [1.165, 1.54) is 48.6 Å². The smallest absolute Gasteiger partial charge is 0.165 e. The first kappa shape index (κ1) is 27.5. The van der Waals surface area contributed by atoms with Gasteiger partial charge in [0, 0.05) is 43.7 Å². The van der Waals surface area contributed by atoms with Crippen LogP contribution in [0, 0.1) is 0 Å². The van der Waals surface area contributed by atoms with Gasteiger partial charge in [-0.05, 0) is 70.1 Å². The standard InChI is InChI=1S/C48H27N5/c1-3-16-30(17-4-1)51(31-18-5-2-6-19-31)39-25-13-23-35-40-32-20-9-7-15-29(32)27-37-42-47(53(44(35)39)46(37)40)50-43-41-33-21-10-8-14-28(33)26-36-34-22-11-12-24-38(34)52(45(36)41)48(43)49-42/h1-27H. The van der Waals surface area contributed by atoms with Crippen LogP contribution < -0.4 is 4.90 Å². The Balaban J connectivity index is 1.29. The summed E-state index contributed by atoms with van der Waals surface area (Å²) in [5, 5.41) is 12.0. The molecule has 5 aromatic heterocycles. The lowest BCUT2D eigenvalue weighted by Gasteiger charge is -2.26. The van der Waals surface area contributed by atoms with Crippen LogP contribution in [0.15, 0.2) is 164 Å². The molecule has 0 spiro atoms. The van der Waals surface area contributed by atoms with Crippen LogP contribution in [0.5, 0.6) is 0 Å². The monoisotopic (exact) mass is 673 g/mol. The minimum absolute atomic E-state index is 0.874. The van der Waals surface area contributed by atoms with Gasteiger partial charge in [0.1, 0.15) is 11.0 Å². The topological polar surface area (TPSA) is 37.8 Å². The van der Waals surface area contributed by atoms with Crippen molar-refractivity contribution < 1.29 is 0 Å². The van der Waals surface area contributed by atoms with E-state index in [4.69, 9.17) is 9.97 Å². The lowest BCUT2D eigenvalue weighted by atomic mass is 10.0. The molecule has 0 saturated carbocycles. The van der Waals surface area contributed by atoms with E-state index in [-0.39, 0.29) is 0 Å². The normalized spacial score (nSPS) is 12.5. The number of benzene rings is 8. The van der Waals surface area contributed by atoms with Crippen LogP contribution in [0.3, 0.4) is 0 Å². The summed E-state index contributed by atoms with van der Waals surface area (Å²) in [4.78, 5) is 13.8. The van der Waals surface area contributed by atoms with Gasteiger partial charge in [0.05, 0.1) is 27.8 Å². The van der Waals surface area contributed by atoms with Gasteiger partial charge in [0.15, 0.2) is 11.3 Å². The Kier molecular flexibility index (Phi) is 5.06. The molecular formula is C48H27N5. The summed E-state index contributed by atoms with van der Waals surface area (Å²) in [6.45, 7) is 0. The Morgan fingerprint density at radius 3 is 1.66 bits per heavy atom. The number of hydrogen-bond acceptors (Lipinski definition) is 3. The molecule has 0 aliphatic carbocycles. The van der Waals surface area contributed by atoms with Crippen LogP contribution in [-0.2, 0) is 0 Å². The van der Waals surface area contributed by atoms with E-state index in [9.17, 15) is 0 Å². The average Bonchev–Trinajstić information content (AvgIpc) is 3.94. The Morgan fingerprint density at radius 2 is 0.925 bits per heavy atom. The molecule has 8 aromatic carbocycles. The first-order chi connectivity index (χ1) is 26.3. The highest BCUT2D eigenvalue weighted by Gasteiger charge is 2.28. The number of rotatable bonds is 3. The van der Waals surface area contributed by atoms with Gasteiger partial charge < -0.3 is 4.90 Å². The maximum Gasteiger partial charge on any atom is 0.165 e. The molecule has 5 heterocycles. The molecule has 0 bridgehead atoms. The summed E-state index contributed by atoms with van der Waals surface area (Å²) in [5.74, 6) is 0. The van der Waals surface area contributed by atoms with Crippen LogP contribution in [0.2, 0.25) is 0 Å². The van der Waals surface area contributed by atoms with Crippen molar-refractivity contribution in [3.05, 3.63) is 164 Å². The third-order valence-electron chi connectivity index (χ3n) is 11.5. The van der Waals surface area contributed by atoms with Crippen molar-refractivity contribution in [3.63, 3.8) is 0 Å². The van der Waals surface area contributed by atoms with Crippen molar-refractivity contribution in [2.24, 2.45) is 0 Å². The first-order valence-corrected chi connectivity index (χ1v) is 18.1. The third kappa shape index (κ3) is 3.37. The molecular weight excluding hydrogens is 647 g/mol. The molecule has 0 aliphatic rings. The fourth-order valence-corrected chi connectivity index (χ4v) is 9.40. The molecule has 244 valence electrons. The number of fused-ring (bicyclic) bond motifs is 16. The predicted molar refractivity (Wildman–Crippen MR) is 221 cm³/mol. The van der Waals surface area contributed by atoms with Gasteiger partial charge in [-0.2, -0.15) is 0 Å². The van der Waals surface area contributed by atoms with Gasteiger partial charge in [-0.3, -0.25) is 8.80 Å². The van der Waals surface area contributed by atoms with Crippen molar-refractivity contribution in [2.45, 2.75) is 0 Å². The zero-order chi connectivity index (χ0) is 34.4. The van der Waals surface area contributed by atoms with Crippen LogP contribution in [0.25, 0.3) is 98.3 Å². The number of para-hydroxylation sites is 4. The molecule has 0 radical (unpaired) electrons. The fraction of sp³-hybridized carbons (Fsp3) is 0. The summed E-state index contributed by atoms with van der Waals surface area (Å²) in [5.41, 5.74) is 11.5. The number of hydrogen-bond donors (Lipinski definition) is 0. The van der Waals surface area contributed by atoms with Gasteiger partial charge in [0.2, 0.25) is 0 Å². The molecule has 0 amide bonds.